The molecule has 0 unspecified atom stereocenters. The predicted molar refractivity (Wildman–Crippen MR) is 57.3 cm³/mol. The molecule has 0 atom stereocenters. The van der Waals surface area contributed by atoms with E-state index in [1.54, 1.807) is 13.1 Å². The van der Waals surface area contributed by atoms with Gasteiger partial charge in [-0.2, -0.15) is 0 Å². The van der Waals surface area contributed by atoms with Crippen LogP contribution in [-0.4, -0.2) is 17.0 Å². The van der Waals surface area contributed by atoms with Gasteiger partial charge in [0, 0.05) is 5.39 Å². The third kappa shape index (κ3) is 2.06. The highest BCUT2D eigenvalue weighted by Gasteiger charge is 2.06. The van der Waals surface area contributed by atoms with Crippen molar-refractivity contribution >= 4 is 22.5 Å². The summed E-state index contributed by atoms with van der Waals surface area (Å²) in [6.07, 6.45) is 0. The minimum absolute atomic E-state index is 0.282. The van der Waals surface area contributed by atoms with Crippen molar-refractivity contribution < 1.29 is 4.39 Å². The number of aromatic nitrogens is 2. The Morgan fingerprint density at radius 3 is 2.93 bits per heavy atom. The van der Waals surface area contributed by atoms with E-state index >= 15 is 0 Å². The van der Waals surface area contributed by atoms with E-state index < -0.39 is 0 Å². The molecular formula is C10H9ClFN3. The third-order valence-electron chi connectivity index (χ3n) is 1.99. The van der Waals surface area contributed by atoms with E-state index in [9.17, 15) is 4.39 Å². The predicted octanol–water partition coefficient (Wildman–Crippen LogP) is 2.14. The Morgan fingerprint density at radius 1 is 1.40 bits per heavy atom. The van der Waals surface area contributed by atoms with Gasteiger partial charge in [-0.05, 0) is 25.2 Å². The van der Waals surface area contributed by atoms with Crippen LogP contribution in [0.3, 0.4) is 0 Å². The van der Waals surface area contributed by atoms with Crippen molar-refractivity contribution in [1.82, 2.24) is 15.3 Å². The minimum atomic E-state index is -0.339. The SMILES string of the molecule is CNCc1nc(Cl)c2cc(F)ccc2n1. The van der Waals surface area contributed by atoms with Crippen LogP contribution >= 0.6 is 11.6 Å². The lowest BCUT2D eigenvalue weighted by atomic mass is 10.2. The summed E-state index contributed by atoms with van der Waals surface area (Å²) in [6.45, 7) is 0.535. The maximum atomic E-state index is 12.9. The molecule has 0 spiro atoms. The fraction of sp³-hybridized carbons (Fsp3) is 0.200. The van der Waals surface area contributed by atoms with Gasteiger partial charge in [-0.25, -0.2) is 14.4 Å². The van der Waals surface area contributed by atoms with E-state index in [4.69, 9.17) is 11.6 Å². The summed E-state index contributed by atoms with van der Waals surface area (Å²) in [4.78, 5) is 8.30. The van der Waals surface area contributed by atoms with Crippen molar-refractivity contribution in [3.8, 4) is 0 Å². The standard InChI is InChI=1S/C10H9ClFN3/c1-13-5-9-14-8-3-2-6(12)4-7(8)10(11)15-9/h2-4,13H,5H2,1H3. The minimum Gasteiger partial charge on any atom is -0.313 e. The van der Waals surface area contributed by atoms with Gasteiger partial charge in [-0.15, -0.1) is 0 Å². The summed E-state index contributed by atoms with van der Waals surface area (Å²) in [6, 6.07) is 4.28. The molecule has 1 aromatic heterocycles. The summed E-state index contributed by atoms with van der Waals surface area (Å²) >= 11 is 5.92. The molecule has 0 amide bonds. The highest BCUT2D eigenvalue weighted by atomic mass is 35.5. The molecule has 2 aromatic rings. The highest BCUT2D eigenvalue weighted by molar-refractivity contribution is 6.34. The lowest BCUT2D eigenvalue weighted by Crippen LogP contribution is -2.09. The number of benzene rings is 1. The first kappa shape index (κ1) is 10.3. The number of hydrogen-bond acceptors (Lipinski definition) is 3. The average molecular weight is 226 g/mol. The van der Waals surface area contributed by atoms with Crippen molar-refractivity contribution in [2.45, 2.75) is 6.54 Å². The second-order valence-electron chi connectivity index (χ2n) is 3.12. The molecule has 0 aliphatic heterocycles. The van der Waals surface area contributed by atoms with E-state index in [1.807, 2.05) is 0 Å². The quantitative estimate of drug-likeness (QED) is 0.796. The van der Waals surface area contributed by atoms with Crippen LogP contribution in [0.15, 0.2) is 18.2 Å². The van der Waals surface area contributed by atoms with Gasteiger partial charge < -0.3 is 5.32 Å². The van der Waals surface area contributed by atoms with Crippen molar-refractivity contribution in [3.05, 3.63) is 35.0 Å². The molecule has 0 bridgehead atoms. The Hall–Kier alpha value is -1.26. The van der Waals surface area contributed by atoms with Crippen molar-refractivity contribution in [2.75, 3.05) is 7.05 Å². The van der Waals surface area contributed by atoms with Gasteiger partial charge in [-0.3, -0.25) is 0 Å². The maximum absolute atomic E-state index is 12.9. The highest BCUT2D eigenvalue weighted by Crippen LogP contribution is 2.21. The Morgan fingerprint density at radius 2 is 2.20 bits per heavy atom. The second kappa shape index (κ2) is 4.08. The van der Waals surface area contributed by atoms with Gasteiger partial charge in [0.2, 0.25) is 0 Å². The van der Waals surface area contributed by atoms with E-state index in [-0.39, 0.29) is 11.0 Å². The monoisotopic (exact) mass is 225 g/mol. The van der Waals surface area contributed by atoms with Crippen LogP contribution in [0, 0.1) is 5.82 Å². The molecule has 78 valence electrons. The zero-order chi connectivity index (χ0) is 10.8. The fourth-order valence-corrected chi connectivity index (χ4v) is 1.59. The molecule has 1 heterocycles. The summed E-state index contributed by atoms with van der Waals surface area (Å²) in [7, 11) is 1.80. The molecule has 15 heavy (non-hydrogen) atoms. The number of nitrogens with zero attached hydrogens (tertiary/aromatic N) is 2. The first-order valence-corrected chi connectivity index (χ1v) is 4.85. The van der Waals surface area contributed by atoms with Crippen LogP contribution in [0.1, 0.15) is 5.82 Å². The summed E-state index contributed by atoms with van der Waals surface area (Å²) < 4.78 is 12.9. The molecule has 2 rings (SSSR count). The zero-order valence-electron chi connectivity index (χ0n) is 8.09. The molecule has 0 aliphatic rings. The van der Waals surface area contributed by atoms with Crippen molar-refractivity contribution in [1.29, 1.82) is 0 Å². The molecule has 1 N–H and O–H groups in total. The molecule has 0 fully saturated rings. The first-order valence-electron chi connectivity index (χ1n) is 4.47. The van der Waals surface area contributed by atoms with Gasteiger partial charge >= 0.3 is 0 Å². The molecular weight excluding hydrogens is 217 g/mol. The summed E-state index contributed by atoms with van der Waals surface area (Å²) in [5.74, 6) is 0.260. The Balaban J connectivity index is 2.62. The van der Waals surface area contributed by atoms with Gasteiger partial charge in [0.1, 0.15) is 16.8 Å². The first-order chi connectivity index (χ1) is 7.20. The Kier molecular flexibility index (Phi) is 2.79. The Labute approximate surface area is 91.3 Å². The van der Waals surface area contributed by atoms with Crippen LogP contribution in [0.25, 0.3) is 10.9 Å². The van der Waals surface area contributed by atoms with Crippen LogP contribution < -0.4 is 5.32 Å². The lowest BCUT2D eigenvalue weighted by molar-refractivity contribution is 0.629. The Bertz CT molecular complexity index is 501. The van der Waals surface area contributed by atoms with Gasteiger partial charge in [0.05, 0.1) is 12.1 Å². The average Bonchev–Trinajstić information content (AvgIpc) is 2.20. The summed E-state index contributed by atoms with van der Waals surface area (Å²) in [5.41, 5.74) is 0.654. The topological polar surface area (TPSA) is 37.8 Å². The number of halogens is 2. The van der Waals surface area contributed by atoms with E-state index in [0.717, 1.165) is 0 Å². The largest absolute Gasteiger partial charge is 0.313 e. The molecule has 1 aromatic carbocycles. The molecule has 0 radical (unpaired) electrons. The van der Waals surface area contributed by atoms with Crippen LogP contribution in [0.5, 0.6) is 0 Å². The zero-order valence-corrected chi connectivity index (χ0v) is 8.85. The number of rotatable bonds is 2. The van der Waals surface area contributed by atoms with Crippen molar-refractivity contribution in [2.24, 2.45) is 0 Å². The van der Waals surface area contributed by atoms with Gasteiger partial charge in [0.25, 0.3) is 0 Å². The third-order valence-corrected chi connectivity index (χ3v) is 2.28. The van der Waals surface area contributed by atoms with Gasteiger partial charge in [0.15, 0.2) is 0 Å². The summed E-state index contributed by atoms with van der Waals surface area (Å²) in [5, 5.41) is 3.75. The van der Waals surface area contributed by atoms with E-state index in [2.05, 4.69) is 15.3 Å². The van der Waals surface area contributed by atoms with Crippen molar-refractivity contribution in [3.63, 3.8) is 0 Å². The fourth-order valence-electron chi connectivity index (χ4n) is 1.35. The van der Waals surface area contributed by atoms with Crippen LogP contribution in [0.2, 0.25) is 5.15 Å². The van der Waals surface area contributed by atoms with Crippen LogP contribution in [-0.2, 0) is 6.54 Å². The molecule has 3 nitrogen and oxygen atoms in total. The van der Waals surface area contributed by atoms with E-state index in [1.165, 1.54) is 12.1 Å². The smallest absolute Gasteiger partial charge is 0.144 e. The number of hydrogen-bond donors (Lipinski definition) is 1. The van der Waals surface area contributed by atoms with E-state index in [0.29, 0.717) is 23.3 Å². The molecule has 5 heteroatoms. The molecule has 0 aliphatic carbocycles. The second-order valence-corrected chi connectivity index (χ2v) is 3.48. The number of nitrogens with one attached hydrogen (secondary N) is 1. The maximum Gasteiger partial charge on any atom is 0.144 e. The van der Waals surface area contributed by atoms with Gasteiger partial charge in [-0.1, -0.05) is 11.6 Å². The lowest BCUT2D eigenvalue weighted by Gasteiger charge is -2.03. The van der Waals surface area contributed by atoms with Crippen LogP contribution in [0.4, 0.5) is 4.39 Å². The molecule has 0 saturated carbocycles. The molecule has 0 saturated heterocycles. The normalized spacial score (nSPS) is 10.9. The number of fused-ring (bicyclic) bond motifs is 1.